The van der Waals surface area contributed by atoms with E-state index in [1.165, 1.54) is 4.90 Å². The maximum atomic E-state index is 15.1. The first-order valence-electron chi connectivity index (χ1n) is 11.8. The van der Waals surface area contributed by atoms with Crippen molar-refractivity contribution in [2.75, 3.05) is 38.1 Å². The molecule has 1 fully saturated rings. The summed E-state index contributed by atoms with van der Waals surface area (Å²) in [5.74, 6) is 1.82. The third kappa shape index (κ3) is 3.55. The van der Waals surface area contributed by atoms with Crippen molar-refractivity contribution in [3.8, 4) is 11.5 Å². The van der Waals surface area contributed by atoms with Gasteiger partial charge in [-0.1, -0.05) is 23.4 Å². The van der Waals surface area contributed by atoms with Crippen molar-refractivity contribution >= 4 is 28.6 Å². The summed E-state index contributed by atoms with van der Waals surface area (Å²) >= 11 is 0. The number of rotatable bonds is 4. The number of nitrogens with two attached hydrogens (primary N) is 1. The Labute approximate surface area is 207 Å². The van der Waals surface area contributed by atoms with Crippen LogP contribution in [0.3, 0.4) is 0 Å². The van der Waals surface area contributed by atoms with Crippen LogP contribution in [-0.2, 0) is 12.7 Å². The van der Waals surface area contributed by atoms with Crippen molar-refractivity contribution in [1.29, 1.82) is 0 Å². The van der Waals surface area contributed by atoms with E-state index in [0.29, 0.717) is 34.0 Å². The maximum absolute atomic E-state index is 15.1. The number of halogens is 1. The predicted octanol–water partition coefficient (Wildman–Crippen LogP) is 2.63. The Morgan fingerprint density at radius 2 is 1.86 bits per heavy atom. The Bertz CT molecular complexity index is 1480. The van der Waals surface area contributed by atoms with Gasteiger partial charge in [-0.2, -0.15) is 4.39 Å². The monoisotopic (exact) mass is 487 g/mol. The first-order valence-corrected chi connectivity index (χ1v) is 11.8. The van der Waals surface area contributed by atoms with Crippen LogP contribution in [0, 0.1) is 0 Å². The van der Waals surface area contributed by atoms with Gasteiger partial charge in [0.05, 0.1) is 11.2 Å². The minimum atomic E-state index is -1.46. The molecule has 10 nitrogen and oxygen atoms in total. The van der Waals surface area contributed by atoms with Crippen molar-refractivity contribution in [1.82, 2.24) is 30.2 Å². The standard InChI is InChI=1S/C25H26FN9O/c1-33-24(26)29-18-8-10-22(35-13-11-28-12-14-35)30-23(18)25(33,27)17-5-3-4-6-21(17)36-16-7-9-20-19(15-16)31-32-34(20)2/h3-10,15,28H,11-14,27H2,1-2H3. The fraction of sp³-hybridized carbons (Fsp3) is 0.280. The molecule has 0 radical (unpaired) electrons. The first-order chi connectivity index (χ1) is 17.4. The first kappa shape index (κ1) is 22.4. The summed E-state index contributed by atoms with van der Waals surface area (Å²) in [6.07, 6.45) is -0.697. The average Bonchev–Trinajstić information content (AvgIpc) is 3.28. The number of amidine groups is 1. The van der Waals surface area contributed by atoms with Gasteiger partial charge in [-0.15, -0.1) is 5.10 Å². The summed E-state index contributed by atoms with van der Waals surface area (Å²) in [5, 5.41) is 11.6. The molecule has 2 aromatic carbocycles. The lowest BCUT2D eigenvalue weighted by Crippen LogP contribution is -2.56. The van der Waals surface area contributed by atoms with Gasteiger partial charge < -0.3 is 19.9 Å². The van der Waals surface area contributed by atoms with Crippen LogP contribution >= 0.6 is 0 Å². The van der Waals surface area contributed by atoms with Crippen molar-refractivity contribution in [3.05, 3.63) is 65.9 Å². The number of ether oxygens (including phenoxy) is 1. The number of nitrogens with zero attached hydrogens (tertiary/aromatic N) is 7. The zero-order valence-electron chi connectivity index (χ0n) is 20.0. The minimum Gasteiger partial charge on any atom is -0.457 e. The molecular formula is C25H26FN9O. The highest BCUT2D eigenvalue weighted by Crippen LogP contribution is 2.44. The molecule has 1 atom stereocenters. The number of pyridine rings is 1. The van der Waals surface area contributed by atoms with Crippen molar-refractivity contribution in [2.24, 2.45) is 17.8 Å². The maximum Gasteiger partial charge on any atom is 0.287 e. The van der Waals surface area contributed by atoms with Crippen LogP contribution < -0.4 is 20.7 Å². The van der Waals surface area contributed by atoms with Crippen molar-refractivity contribution in [3.63, 3.8) is 0 Å². The molecule has 2 aromatic heterocycles. The minimum absolute atomic E-state index is 0.391. The summed E-state index contributed by atoms with van der Waals surface area (Å²) < 4.78 is 23.1. The second-order valence-electron chi connectivity index (χ2n) is 8.94. The fourth-order valence-electron chi connectivity index (χ4n) is 4.75. The highest BCUT2D eigenvalue weighted by molar-refractivity contribution is 5.82. The Morgan fingerprint density at radius 1 is 1.06 bits per heavy atom. The number of hydrogen-bond acceptors (Lipinski definition) is 9. The topological polar surface area (TPSA) is 110 Å². The molecule has 3 N–H and O–H groups in total. The Hall–Kier alpha value is -4.09. The number of hydrogen-bond donors (Lipinski definition) is 2. The van der Waals surface area contributed by atoms with E-state index in [4.69, 9.17) is 15.5 Å². The van der Waals surface area contributed by atoms with Crippen LogP contribution in [0.4, 0.5) is 15.9 Å². The number of para-hydroxylation sites is 1. The zero-order valence-corrected chi connectivity index (χ0v) is 20.0. The number of aromatic nitrogens is 4. The molecule has 1 unspecified atom stereocenters. The van der Waals surface area contributed by atoms with E-state index >= 15 is 4.39 Å². The van der Waals surface area contributed by atoms with Gasteiger partial charge in [-0.25, -0.2) is 14.7 Å². The molecule has 4 aromatic rings. The van der Waals surface area contributed by atoms with Gasteiger partial charge in [0.1, 0.15) is 28.5 Å². The van der Waals surface area contributed by atoms with Crippen LogP contribution in [0.1, 0.15) is 11.3 Å². The van der Waals surface area contributed by atoms with E-state index in [2.05, 4.69) is 25.5 Å². The number of aliphatic imine (C=N–C) groups is 1. The van der Waals surface area contributed by atoms with E-state index in [1.807, 2.05) is 55.6 Å². The number of anilines is 1. The smallest absolute Gasteiger partial charge is 0.287 e. The van der Waals surface area contributed by atoms with Gasteiger partial charge >= 0.3 is 0 Å². The van der Waals surface area contributed by atoms with Crippen LogP contribution in [0.15, 0.2) is 59.6 Å². The molecule has 6 rings (SSSR count). The fourth-order valence-corrected chi connectivity index (χ4v) is 4.75. The van der Waals surface area contributed by atoms with Gasteiger partial charge in [-0.3, -0.25) is 5.73 Å². The van der Waals surface area contributed by atoms with Gasteiger partial charge in [0.25, 0.3) is 6.09 Å². The van der Waals surface area contributed by atoms with Gasteiger partial charge in [-0.05, 0) is 30.3 Å². The Morgan fingerprint density at radius 3 is 2.69 bits per heavy atom. The van der Waals surface area contributed by atoms with Gasteiger partial charge in [0, 0.05) is 51.9 Å². The molecule has 2 aliphatic heterocycles. The number of fused-ring (bicyclic) bond motifs is 2. The molecule has 4 heterocycles. The molecule has 184 valence electrons. The predicted molar refractivity (Wildman–Crippen MR) is 135 cm³/mol. The second kappa shape index (κ2) is 8.54. The number of nitrogens with one attached hydrogen (secondary N) is 1. The summed E-state index contributed by atoms with van der Waals surface area (Å²) in [6.45, 7) is 3.38. The molecule has 0 saturated carbocycles. The molecule has 1 saturated heterocycles. The highest BCUT2D eigenvalue weighted by Gasteiger charge is 2.45. The van der Waals surface area contributed by atoms with E-state index in [-0.39, 0.29) is 0 Å². The largest absolute Gasteiger partial charge is 0.457 e. The summed E-state index contributed by atoms with van der Waals surface area (Å²) in [6, 6.07) is 16.5. The molecule has 0 spiro atoms. The lowest BCUT2D eigenvalue weighted by atomic mass is 9.91. The van der Waals surface area contributed by atoms with Crippen LogP contribution in [0.2, 0.25) is 0 Å². The summed E-state index contributed by atoms with van der Waals surface area (Å²) in [4.78, 5) is 12.5. The number of aryl methyl sites for hydroxylation is 1. The molecular weight excluding hydrogens is 461 g/mol. The van der Waals surface area contributed by atoms with Crippen LogP contribution in [0.5, 0.6) is 11.5 Å². The summed E-state index contributed by atoms with van der Waals surface area (Å²) in [7, 11) is 3.40. The molecule has 0 bridgehead atoms. The van der Waals surface area contributed by atoms with Gasteiger partial charge in [0.2, 0.25) is 0 Å². The quantitative estimate of drug-likeness (QED) is 0.423. The molecule has 0 amide bonds. The average molecular weight is 488 g/mol. The van der Waals surface area contributed by atoms with Crippen molar-refractivity contribution < 1.29 is 9.13 Å². The zero-order chi connectivity index (χ0) is 24.9. The van der Waals surface area contributed by atoms with E-state index in [9.17, 15) is 0 Å². The number of piperazine rings is 1. The third-order valence-electron chi connectivity index (χ3n) is 6.79. The third-order valence-corrected chi connectivity index (χ3v) is 6.79. The SMILES string of the molecule is CN1C(F)=Nc2ccc(N3CCNCC3)nc2C1(N)c1ccccc1Oc1ccc2c(c1)nnn2C. The highest BCUT2D eigenvalue weighted by atomic mass is 19.1. The molecule has 36 heavy (non-hydrogen) atoms. The molecule has 11 heteroatoms. The lowest BCUT2D eigenvalue weighted by Gasteiger charge is -2.42. The lowest BCUT2D eigenvalue weighted by molar-refractivity contribution is 0.230. The normalized spacial score (nSPS) is 19.8. The van der Waals surface area contributed by atoms with Crippen LogP contribution in [0.25, 0.3) is 11.0 Å². The van der Waals surface area contributed by atoms with Gasteiger partial charge in [0.15, 0.2) is 5.66 Å². The Balaban J connectivity index is 1.45. The molecule has 0 aliphatic carbocycles. The summed E-state index contributed by atoms with van der Waals surface area (Å²) in [5.41, 5.74) is 8.62. The van der Waals surface area contributed by atoms with E-state index in [1.54, 1.807) is 17.8 Å². The Kier molecular flexibility index (Phi) is 5.31. The second-order valence-corrected chi connectivity index (χ2v) is 8.94. The van der Waals surface area contributed by atoms with E-state index in [0.717, 1.165) is 37.5 Å². The van der Waals surface area contributed by atoms with E-state index < -0.39 is 11.8 Å². The number of benzene rings is 2. The van der Waals surface area contributed by atoms with Crippen molar-refractivity contribution in [2.45, 2.75) is 5.66 Å². The molecule has 2 aliphatic rings. The van der Waals surface area contributed by atoms with Crippen LogP contribution in [-0.4, -0.2) is 64.2 Å².